The second-order valence-electron chi connectivity index (χ2n) is 5.31. The van der Waals surface area contributed by atoms with Crippen LogP contribution in [-0.2, 0) is 4.79 Å². The molecule has 9 heteroatoms. The molecule has 1 N–H and O–H groups in total. The molecular formula is C14H15N5O3S. The van der Waals surface area contributed by atoms with E-state index >= 15 is 0 Å². The molecule has 1 saturated carbocycles. The van der Waals surface area contributed by atoms with Crippen LogP contribution in [0.3, 0.4) is 0 Å². The molecule has 3 rings (SSSR count). The summed E-state index contributed by atoms with van der Waals surface area (Å²) in [5, 5.41) is 21.7. The van der Waals surface area contributed by atoms with Gasteiger partial charge in [0, 0.05) is 23.9 Å². The average Bonchev–Trinajstić information content (AvgIpc) is 3.27. The number of hydrogen-bond donors (Lipinski definition) is 1. The van der Waals surface area contributed by atoms with E-state index < -0.39 is 4.92 Å². The highest BCUT2D eigenvalue weighted by Gasteiger charge is 2.28. The lowest BCUT2D eigenvalue weighted by atomic mass is 10.3. The molecule has 0 saturated heterocycles. The number of thioether (sulfide) groups is 1. The fraction of sp³-hybridized carbons (Fsp3) is 0.357. The van der Waals surface area contributed by atoms with E-state index in [0.717, 1.165) is 18.0 Å². The molecule has 1 aromatic heterocycles. The smallest absolute Gasteiger partial charge is 0.269 e. The van der Waals surface area contributed by atoms with Gasteiger partial charge in [-0.05, 0) is 31.9 Å². The molecule has 0 radical (unpaired) electrons. The molecular weight excluding hydrogens is 318 g/mol. The maximum absolute atomic E-state index is 12.2. The van der Waals surface area contributed by atoms with Crippen molar-refractivity contribution in [1.29, 1.82) is 0 Å². The molecule has 0 spiro atoms. The van der Waals surface area contributed by atoms with Crippen molar-refractivity contribution < 1.29 is 9.72 Å². The van der Waals surface area contributed by atoms with Gasteiger partial charge in [0.2, 0.25) is 5.91 Å². The van der Waals surface area contributed by atoms with Gasteiger partial charge in [-0.25, -0.2) is 0 Å². The first-order valence-electron chi connectivity index (χ1n) is 7.16. The van der Waals surface area contributed by atoms with Crippen LogP contribution in [0.25, 0.3) is 0 Å². The summed E-state index contributed by atoms with van der Waals surface area (Å²) in [5.74, 6) is -0.186. The molecule has 1 aliphatic rings. The molecule has 0 bridgehead atoms. The Balaban J connectivity index is 1.60. The van der Waals surface area contributed by atoms with E-state index in [9.17, 15) is 14.9 Å². The number of nitrogens with zero attached hydrogens (tertiary/aromatic N) is 4. The van der Waals surface area contributed by atoms with Gasteiger partial charge in [0.15, 0.2) is 5.16 Å². The SMILES string of the molecule is CC(Sc1nncn1C1CC1)C(=O)Nc1ccc([N+](=O)[O-])cc1. The van der Waals surface area contributed by atoms with Crippen molar-refractivity contribution in [3.63, 3.8) is 0 Å². The minimum Gasteiger partial charge on any atom is -0.325 e. The molecule has 1 aromatic carbocycles. The van der Waals surface area contributed by atoms with Crippen molar-refractivity contribution in [2.24, 2.45) is 0 Å². The lowest BCUT2D eigenvalue weighted by molar-refractivity contribution is -0.384. The van der Waals surface area contributed by atoms with Crippen molar-refractivity contribution in [1.82, 2.24) is 14.8 Å². The predicted molar refractivity (Wildman–Crippen MR) is 85.3 cm³/mol. The van der Waals surface area contributed by atoms with E-state index in [1.54, 1.807) is 13.3 Å². The van der Waals surface area contributed by atoms with E-state index in [1.165, 1.54) is 36.0 Å². The number of nitro groups is 1. The Hall–Kier alpha value is -2.42. The largest absolute Gasteiger partial charge is 0.325 e. The van der Waals surface area contributed by atoms with Crippen molar-refractivity contribution in [3.8, 4) is 0 Å². The number of nitrogens with one attached hydrogen (secondary N) is 1. The molecule has 1 aliphatic carbocycles. The Morgan fingerprint density at radius 1 is 1.43 bits per heavy atom. The first kappa shape index (κ1) is 15.5. The molecule has 1 atom stereocenters. The number of nitro benzene ring substituents is 1. The summed E-state index contributed by atoms with van der Waals surface area (Å²) < 4.78 is 2.00. The van der Waals surface area contributed by atoms with Crippen LogP contribution in [-0.4, -0.2) is 30.8 Å². The maximum atomic E-state index is 12.2. The Bertz CT molecular complexity index is 726. The third-order valence-corrected chi connectivity index (χ3v) is 4.55. The van der Waals surface area contributed by atoms with Crippen molar-refractivity contribution in [2.75, 3.05) is 5.32 Å². The van der Waals surface area contributed by atoms with E-state index in [1.807, 2.05) is 4.57 Å². The topological polar surface area (TPSA) is 103 Å². The highest BCUT2D eigenvalue weighted by molar-refractivity contribution is 8.00. The van der Waals surface area contributed by atoms with Gasteiger partial charge in [0.1, 0.15) is 6.33 Å². The first-order chi connectivity index (χ1) is 11.0. The maximum Gasteiger partial charge on any atom is 0.269 e. The zero-order valence-corrected chi connectivity index (χ0v) is 13.2. The molecule has 8 nitrogen and oxygen atoms in total. The number of hydrogen-bond acceptors (Lipinski definition) is 6. The van der Waals surface area contributed by atoms with Crippen LogP contribution in [0, 0.1) is 10.1 Å². The number of rotatable bonds is 6. The van der Waals surface area contributed by atoms with Crippen molar-refractivity contribution in [2.45, 2.75) is 36.2 Å². The number of carbonyl (C=O) groups excluding carboxylic acids is 1. The quantitative estimate of drug-likeness (QED) is 0.495. The molecule has 1 unspecified atom stereocenters. The number of aromatic nitrogens is 3. The molecule has 1 amide bonds. The van der Waals surface area contributed by atoms with Crippen LogP contribution in [0.15, 0.2) is 35.7 Å². The highest BCUT2D eigenvalue weighted by atomic mass is 32.2. The van der Waals surface area contributed by atoms with E-state index in [0.29, 0.717) is 11.7 Å². The van der Waals surface area contributed by atoms with Gasteiger partial charge >= 0.3 is 0 Å². The number of amides is 1. The minimum absolute atomic E-state index is 0.0112. The first-order valence-corrected chi connectivity index (χ1v) is 8.04. The van der Waals surface area contributed by atoms with Gasteiger partial charge in [-0.3, -0.25) is 14.9 Å². The van der Waals surface area contributed by atoms with Crippen LogP contribution in [0.1, 0.15) is 25.8 Å². The van der Waals surface area contributed by atoms with E-state index in [2.05, 4.69) is 15.5 Å². The predicted octanol–water partition coefficient (Wildman–Crippen LogP) is 2.64. The van der Waals surface area contributed by atoms with Crippen LogP contribution in [0.5, 0.6) is 0 Å². The Morgan fingerprint density at radius 2 is 2.13 bits per heavy atom. The Kier molecular flexibility index (Phi) is 4.28. The third-order valence-electron chi connectivity index (χ3n) is 3.48. The van der Waals surface area contributed by atoms with Crippen LogP contribution >= 0.6 is 11.8 Å². The zero-order valence-electron chi connectivity index (χ0n) is 12.4. The molecule has 23 heavy (non-hydrogen) atoms. The summed E-state index contributed by atoms with van der Waals surface area (Å²) in [6, 6.07) is 6.20. The normalized spacial score (nSPS) is 15.2. The summed E-state index contributed by atoms with van der Waals surface area (Å²) >= 11 is 1.35. The standard InChI is InChI=1S/C14H15N5O3S/c1-9(23-14-17-15-8-18(14)11-6-7-11)13(20)16-10-2-4-12(5-3-10)19(21)22/h2-5,8-9,11H,6-7H2,1H3,(H,16,20). The Labute approximate surface area is 136 Å². The van der Waals surface area contributed by atoms with Crippen LogP contribution < -0.4 is 5.32 Å². The van der Waals surface area contributed by atoms with Gasteiger partial charge in [0.05, 0.1) is 10.2 Å². The van der Waals surface area contributed by atoms with Gasteiger partial charge in [0.25, 0.3) is 5.69 Å². The van der Waals surface area contributed by atoms with Crippen LogP contribution in [0.4, 0.5) is 11.4 Å². The van der Waals surface area contributed by atoms with Gasteiger partial charge in [-0.1, -0.05) is 11.8 Å². The van der Waals surface area contributed by atoms with E-state index in [4.69, 9.17) is 0 Å². The summed E-state index contributed by atoms with van der Waals surface area (Å²) in [4.78, 5) is 22.4. The number of non-ortho nitro benzene ring substituents is 1. The third kappa shape index (κ3) is 3.67. The monoisotopic (exact) mass is 333 g/mol. The fourth-order valence-corrected chi connectivity index (χ4v) is 2.94. The lowest BCUT2D eigenvalue weighted by Gasteiger charge is -2.12. The van der Waals surface area contributed by atoms with Gasteiger partial charge in [-0.2, -0.15) is 0 Å². The average molecular weight is 333 g/mol. The van der Waals surface area contributed by atoms with E-state index in [-0.39, 0.29) is 16.8 Å². The van der Waals surface area contributed by atoms with Gasteiger partial charge < -0.3 is 9.88 Å². The van der Waals surface area contributed by atoms with Crippen molar-refractivity contribution in [3.05, 3.63) is 40.7 Å². The summed E-state index contributed by atoms with van der Waals surface area (Å²) in [7, 11) is 0. The second-order valence-corrected chi connectivity index (χ2v) is 6.61. The van der Waals surface area contributed by atoms with Crippen molar-refractivity contribution >= 4 is 29.0 Å². The Morgan fingerprint density at radius 3 is 2.74 bits per heavy atom. The second kappa shape index (κ2) is 6.37. The minimum atomic E-state index is -0.477. The number of anilines is 1. The highest BCUT2D eigenvalue weighted by Crippen LogP contribution is 2.38. The number of carbonyl (C=O) groups is 1. The van der Waals surface area contributed by atoms with Crippen LogP contribution in [0.2, 0.25) is 0 Å². The fourth-order valence-electron chi connectivity index (χ4n) is 2.04. The lowest BCUT2D eigenvalue weighted by Crippen LogP contribution is -2.22. The summed E-state index contributed by atoms with van der Waals surface area (Å²) in [6.45, 7) is 1.79. The van der Waals surface area contributed by atoms with Gasteiger partial charge in [-0.15, -0.1) is 10.2 Å². The molecule has 0 aliphatic heterocycles. The molecule has 120 valence electrons. The summed E-state index contributed by atoms with van der Waals surface area (Å²) in [5.41, 5.74) is 0.514. The number of benzene rings is 1. The zero-order chi connectivity index (χ0) is 16.4. The molecule has 2 aromatic rings. The molecule has 1 heterocycles. The molecule has 1 fully saturated rings. The summed E-state index contributed by atoms with van der Waals surface area (Å²) in [6.07, 6.45) is 3.94.